The number of hydrogen-bond donors (Lipinski definition) is 2. The smallest absolute Gasteiger partial charge is 0.191 e. The summed E-state index contributed by atoms with van der Waals surface area (Å²) >= 11 is 1.90. The first kappa shape index (κ1) is 18.5. The van der Waals surface area contributed by atoms with Crippen molar-refractivity contribution < 1.29 is 4.74 Å². The Morgan fingerprint density at radius 2 is 1.88 bits per heavy atom. The SMILES string of the molecule is CN=C(NCCCCSC)NCc1ccc2cc(OC)ccc2c1. The molecule has 0 radical (unpaired) electrons. The van der Waals surface area contributed by atoms with Crippen LogP contribution >= 0.6 is 11.8 Å². The van der Waals surface area contributed by atoms with Gasteiger partial charge in [-0.15, -0.1) is 0 Å². The van der Waals surface area contributed by atoms with Crippen LogP contribution in [0.25, 0.3) is 10.8 Å². The summed E-state index contributed by atoms with van der Waals surface area (Å²) in [6.45, 7) is 1.71. The predicted molar refractivity (Wildman–Crippen MR) is 106 cm³/mol. The number of ether oxygens (including phenoxy) is 1. The number of unbranched alkanes of at least 4 members (excludes halogenated alkanes) is 1. The van der Waals surface area contributed by atoms with E-state index in [4.69, 9.17) is 4.74 Å². The maximum atomic E-state index is 5.27. The quantitative estimate of drug-likeness (QED) is 0.435. The molecule has 5 heteroatoms. The molecule has 2 N–H and O–H groups in total. The highest BCUT2D eigenvalue weighted by atomic mass is 32.2. The number of guanidine groups is 1. The molecule has 0 aliphatic heterocycles. The fourth-order valence-electron chi connectivity index (χ4n) is 2.49. The molecule has 0 bridgehead atoms. The van der Waals surface area contributed by atoms with Crippen LogP contribution < -0.4 is 15.4 Å². The number of benzene rings is 2. The molecular weight excluding hydrogens is 318 g/mol. The molecule has 2 aromatic rings. The van der Waals surface area contributed by atoms with Crippen molar-refractivity contribution in [2.24, 2.45) is 4.99 Å². The van der Waals surface area contributed by atoms with Crippen LogP contribution in [0.3, 0.4) is 0 Å². The van der Waals surface area contributed by atoms with Gasteiger partial charge in [0.15, 0.2) is 5.96 Å². The van der Waals surface area contributed by atoms with Crippen LogP contribution in [0.2, 0.25) is 0 Å². The number of nitrogens with zero attached hydrogens (tertiary/aromatic N) is 1. The van der Waals surface area contributed by atoms with E-state index < -0.39 is 0 Å². The van der Waals surface area contributed by atoms with Gasteiger partial charge < -0.3 is 15.4 Å². The second-order valence-electron chi connectivity index (χ2n) is 5.60. The third-order valence-electron chi connectivity index (χ3n) is 3.86. The van der Waals surface area contributed by atoms with Gasteiger partial charge in [-0.2, -0.15) is 11.8 Å². The van der Waals surface area contributed by atoms with Gasteiger partial charge in [-0.25, -0.2) is 0 Å². The third-order valence-corrected chi connectivity index (χ3v) is 4.56. The van der Waals surface area contributed by atoms with Crippen LogP contribution in [0.4, 0.5) is 0 Å². The maximum Gasteiger partial charge on any atom is 0.191 e. The Labute approximate surface area is 149 Å². The van der Waals surface area contributed by atoms with Crippen LogP contribution in [-0.2, 0) is 6.54 Å². The molecule has 2 aromatic carbocycles. The van der Waals surface area contributed by atoms with Gasteiger partial charge in [0.1, 0.15) is 5.75 Å². The highest BCUT2D eigenvalue weighted by molar-refractivity contribution is 7.98. The summed E-state index contributed by atoms with van der Waals surface area (Å²) in [4.78, 5) is 4.28. The molecule has 0 aliphatic rings. The van der Waals surface area contributed by atoms with Crippen molar-refractivity contribution >= 4 is 28.5 Å². The van der Waals surface area contributed by atoms with E-state index in [2.05, 4.69) is 52.2 Å². The van der Waals surface area contributed by atoms with E-state index in [9.17, 15) is 0 Å². The first-order chi connectivity index (χ1) is 11.8. The Morgan fingerprint density at radius 3 is 2.62 bits per heavy atom. The van der Waals surface area contributed by atoms with Gasteiger partial charge in [0.25, 0.3) is 0 Å². The highest BCUT2D eigenvalue weighted by Crippen LogP contribution is 2.21. The van der Waals surface area contributed by atoms with Gasteiger partial charge >= 0.3 is 0 Å². The van der Waals surface area contributed by atoms with Crippen LogP contribution in [0, 0.1) is 0 Å². The highest BCUT2D eigenvalue weighted by Gasteiger charge is 2.01. The number of hydrogen-bond acceptors (Lipinski definition) is 3. The zero-order chi connectivity index (χ0) is 17.2. The Balaban J connectivity index is 1.87. The van der Waals surface area contributed by atoms with E-state index in [1.165, 1.54) is 34.9 Å². The minimum atomic E-state index is 0.756. The van der Waals surface area contributed by atoms with Crippen molar-refractivity contribution in [3.63, 3.8) is 0 Å². The first-order valence-corrected chi connectivity index (χ1v) is 9.66. The summed E-state index contributed by atoms with van der Waals surface area (Å²) in [6, 6.07) is 12.6. The van der Waals surface area contributed by atoms with Crippen LogP contribution in [0.1, 0.15) is 18.4 Å². The Hall–Kier alpha value is -1.88. The van der Waals surface area contributed by atoms with Gasteiger partial charge in [0, 0.05) is 20.1 Å². The predicted octanol–water partition coefficient (Wildman–Crippen LogP) is 3.66. The van der Waals surface area contributed by atoms with Gasteiger partial charge in [-0.1, -0.05) is 18.2 Å². The molecule has 0 saturated carbocycles. The first-order valence-electron chi connectivity index (χ1n) is 8.27. The lowest BCUT2D eigenvalue weighted by atomic mass is 10.1. The summed E-state index contributed by atoms with van der Waals surface area (Å²) in [7, 11) is 3.50. The molecule has 0 fully saturated rings. The number of rotatable bonds is 8. The number of methoxy groups -OCH3 is 1. The summed E-state index contributed by atoms with van der Waals surface area (Å²) in [5, 5.41) is 9.14. The van der Waals surface area contributed by atoms with E-state index in [1.54, 1.807) is 7.11 Å². The molecule has 0 saturated heterocycles. The van der Waals surface area contributed by atoms with Gasteiger partial charge in [0.05, 0.1) is 7.11 Å². The van der Waals surface area contributed by atoms with Crippen molar-refractivity contribution in [2.75, 3.05) is 32.7 Å². The number of aliphatic imine (C=N–C) groups is 1. The standard InChI is InChI=1S/C19H27N3OS/c1-20-19(21-10-4-5-11-24-3)22-14-15-6-7-17-13-18(23-2)9-8-16(17)12-15/h6-9,12-13H,4-5,10-11,14H2,1-3H3,(H2,20,21,22). The number of thioether (sulfide) groups is 1. The largest absolute Gasteiger partial charge is 0.497 e. The lowest BCUT2D eigenvalue weighted by molar-refractivity contribution is 0.415. The summed E-state index contributed by atoms with van der Waals surface area (Å²) < 4.78 is 5.27. The van der Waals surface area contributed by atoms with Gasteiger partial charge in [-0.05, 0) is 59.4 Å². The minimum absolute atomic E-state index is 0.756. The van der Waals surface area contributed by atoms with Crippen LogP contribution in [0.5, 0.6) is 5.75 Å². The molecule has 0 aliphatic carbocycles. The van der Waals surface area contributed by atoms with Crippen molar-refractivity contribution in [1.82, 2.24) is 10.6 Å². The topological polar surface area (TPSA) is 45.7 Å². The lowest BCUT2D eigenvalue weighted by Gasteiger charge is -2.12. The Kier molecular flexibility index (Phi) is 7.75. The van der Waals surface area contributed by atoms with Crippen molar-refractivity contribution in [3.05, 3.63) is 42.0 Å². The summed E-state index contributed by atoms with van der Waals surface area (Å²) in [5.41, 5.74) is 1.23. The maximum absolute atomic E-state index is 5.27. The normalized spacial score (nSPS) is 11.5. The summed E-state index contributed by atoms with van der Waals surface area (Å²) in [6.07, 6.45) is 4.55. The molecule has 0 amide bonds. The molecule has 0 heterocycles. The number of fused-ring (bicyclic) bond motifs is 1. The van der Waals surface area contributed by atoms with Crippen LogP contribution in [0.15, 0.2) is 41.4 Å². The van der Waals surface area contributed by atoms with Crippen molar-refractivity contribution in [3.8, 4) is 5.75 Å². The third kappa shape index (κ3) is 5.64. The van der Waals surface area contributed by atoms with Gasteiger partial charge in [-0.3, -0.25) is 4.99 Å². The van der Waals surface area contributed by atoms with E-state index in [1.807, 2.05) is 24.9 Å². The fourth-order valence-corrected chi connectivity index (χ4v) is 2.99. The van der Waals surface area contributed by atoms with E-state index in [0.29, 0.717) is 0 Å². The second kappa shape index (κ2) is 10.1. The monoisotopic (exact) mass is 345 g/mol. The second-order valence-corrected chi connectivity index (χ2v) is 6.59. The van der Waals surface area contributed by atoms with Crippen molar-refractivity contribution in [2.45, 2.75) is 19.4 Å². The molecule has 0 atom stereocenters. The fraction of sp³-hybridized carbons (Fsp3) is 0.421. The van der Waals surface area contributed by atoms with Crippen LogP contribution in [-0.4, -0.2) is 38.7 Å². The number of nitrogens with one attached hydrogen (secondary N) is 2. The molecule has 2 rings (SSSR count). The molecular formula is C19H27N3OS. The Morgan fingerprint density at radius 1 is 1.08 bits per heavy atom. The van der Waals surface area contributed by atoms with Crippen molar-refractivity contribution in [1.29, 1.82) is 0 Å². The van der Waals surface area contributed by atoms with Gasteiger partial charge in [0.2, 0.25) is 0 Å². The molecule has 130 valence electrons. The van der Waals surface area contributed by atoms with E-state index >= 15 is 0 Å². The van der Waals surface area contributed by atoms with E-state index in [0.717, 1.165) is 24.8 Å². The molecule has 4 nitrogen and oxygen atoms in total. The Bertz CT molecular complexity index is 673. The van der Waals surface area contributed by atoms with E-state index in [-0.39, 0.29) is 0 Å². The molecule has 0 aromatic heterocycles. The zero-order valence-corrected chi connectivity index (χ0v) is 15.6. The molecule has 24 heavy (non-hydrogen) atoms. The molecule has 0 spiro atoms. The minimum Gasteiger partial charge on any atom is -0.497 e. The molecule has 0 unspecified atom stereocenters. The average molecular weight is 346 g/mol. The average Bonchev–Trinajstić information content (AvgIpc) is 2.63. The summed E-state index contributed by atoms with van der Waals surface area (Å²) in [5.74, 6) is 2.96. The zero-order valence-electron chi connectivity index (χ0n) is 14.8. The lowest BCUT2D eigenvalue weighted by Crippen LogP contribution is -2.37.